The molecule has 0 radical (unpaired) electrons. The minimum absolute atomic E-state index is 0.275. The van der Waals surface area contributed by atoms with Crippen LogP contribution in [0.4, 0.5) is 5.69 Å². The molecule has 6 nitrogen and oxygen atoms in total. The van der Waals surface area contributed by atoms with Crippen LogP contribution in [0.2, 0.25) is 5.02 Å². The molecule has 2 fully saturated rings. The number of phenolic OH excluding ortho intramolecular Hbond substituents is 1. The van der Waals surface area contributed by atoms with Gasteiger partial charge in [-0.3, -0.25) is 4.79 Å². The van der Waals surface area contributed by atoms with Gasteiger partial charge in [-0.1, -0.05) is 23.7 Å². The van der Waals surface area contributed by atoms with Crippen LogP contribution in [0.1, 0.15) is 5.56 Å². The fraction of sp³-hybridized carbons (Fsp3) is 0.435. The van der Waals surface area contributed by atoms with Crippen LogP contribution in [0.3, 0.4) is 0 Å². The summed E-state index contributed by atoms with van der Waals surface area (Å²) in [4.78, 5) is 20.1. The number of hydrogen-bond donors (Lipinski definition) is 3. The van der Waals surface area contributed by atoms with E-state index in [4.69, 9.17) is 11.6 Å². The molecule has 0 unspecified atom stereocenters. The lowest BCUT2D eigenvalue weighted by atomic mass is 10.2. The van der Waals surface area contributed by atoms with Crippen molar-refractivity contribution in [2.75, 3.05) is 63.8 Å². The van der Waals surface area contributed by atoms with E-state index < -0.39 is 0 Å². The molecule has 2 saturated heterocycles. The number of anilines is 1. The molecule has 0 spiro atoms. The van der Waals surface area contributed by atoms with E-state index in [0.717, 1.165) is 69.6 Å². The summed E-state index contributed by atoms with van der Waals surface area (Å²) >= 11 is 5.97. The lowest BCUT2D eigenvalue weighted by Gasteiger charge is -2.37. The maximum absolute atomic E-state index is 12.8. The van der Waals surface area contributed by atoms with Gasteiger partial charge in [-0.15, -0.1) is 0 Å². The van der Waals surface area contributed by atoms with E-state index in [-0.39, 0.29) is 11.7 Å². The minimum Gasteiger partial charge on any atom is -0.508 e. The highest BCUT2D eigenvalue weighted by molar-refractivity contribution is 6.30. The van der Waals surface area contributed by atoms with Crippen molar-refractivity contribution < 1.29 is 19.7 Å². The molecule has 2 aromatic carbocycles. The molecule has 7 heteroatoms. The Morgan fingerprint density at radius 1 is 0.867 bits per heavy atom. The lowest BCUT2D eigenvalue weighted by Crippen LogP contribution is -3.28. The summed E-state index contributed by atoms with van der Waals surface area (Å²) in [7, 11) is 0. The number of hydrogen-bond acceptors (Lipinski definition) is 3. The van der Waals surface area contributed by atoms with Gasteiger partial charge in [0, 0.05) is 42.5 Å². The molecular weight excluding hydrogens is 400 g/mol. The van der Waals surface area contributed by atoms with Crippen LogP contribution in [-0.2, 0) is 11.3 Å². The monoisotopic (exact) mass is 430 g/mol. The van der Waals surface area contributed by atoms with Gasteiger partial charge in [0.05, 0.1) is 0 Å². The van der Waals surface area contributed by atoms with Crippen LogP contribution in [0, 0.1) is 0 Å². The molecule has 160 valence electrons. The van der Waals surface area contributed by atoms with E-state index in [2.05, 4.69) is 17.0 Å². The molecule has 0 atom stereocenters. The first kappa shape index (κ1) is 21.0. The third-order valence-corrected chi connectivity index (χ3v) is 6.53. The van der Waals surface area contributed by atoms with Crippen molar-refractivity contribution in [3.05, 3.63) is 59.1 Å². The lowest BCUT2D eigenvalue weighted by molar-refractivity contribution is -1.02. The number of nitrogens with zero attached hydrogens (tertiary/aromatic N) is 2. The van der Waals surface area contributed by atoms with Gasteiger partial charge in [-0.05, 0) is 36.4 Å². The third-order valence-electron chi connectivity index (χ3n) is 6.28. The summed E-state index contributed by atoms with van der Waals surface area (Å²) in [6.07, 6.45) is 0. The number of rotatable bonds is 5. The zero-order chi connectivity index (χ0) is 20.9. The Hall–Kier alpha value is -2.28. The largest absolute Gasteiger partial charge is 0.508 e. The molecule has 1 amide bonds. The van der Waals surface area contributed by atoms with Crippen molar-refractivity contribution in [2.24, 2.45) is 0 Å². The van der Waals surface area contributed by atoms with E-state index in [1.165, 1.54) is 10.5 Å². The van der Waals surface area contributed by atoms with Crippen LogP contribution >= 0.6 is 11.6 Å². The molecule has 0 bridgehead atoms. The van der Waals surface area contributed by atoms with Crippen molar-refractivity contribution in [3.63, 3.8) is 0 Å². The number of amides is 1. The quantitative estimate of drug-likeness (QED) is 0.609. The Bertz CT molecular complexity index is 827. The number of carbonyl (C=O) groups excluding carboxylic acids is 1. The molecule has 0 aromatic heterocycles. The first-order valence-electron chi connectivity index (χ1n) is 10.8. The maximum atomic E-state index is 12.8. The van der Waals surface area contributed by atoms with Gasteiger partial charge in [0.2, 0.25) is 0 Å². The van der Waals surface area contributed by atoms with Gasteiger partial charge >= 0.3 is 0 Å². The van der Waals surface area contributed by atoms with Gasteiger partial charge in [0.1, 0.15) is 38.5 Å². The first-order valence-corrected chi connectivity index (χ1v) is 11.2. The SMILES string of the molecule is O=C(C[NH+]1CC[NH+](Cc2ccc(Cl)cc2)CC1)N1CCN(c2ccc(O)cc2)CC1. The summed E-state index contributed by atoms with van der Waals surface area (Å²) in [5.41, 5.74) is 2.42. The normalized spacial score (nSPS) is 22.2. The van der Waals surface area contributed by atoms with Crippen LogP contribution in [0.15, 0.2) is 48.5 Å². The molecule has 4 rings (SSSR count). The molecule has 2 aliphatic heterocycles. The fourth-order valence-corrected chi connectivity index (χ4v) is 4.53. The summed E-state index contributed by atoms with van der Waals surface area (Å²) in [6.45, 7) is 9.12. The summed E-state index contributed by atoms with van der Waals surface area (Å²) in [5.74, 6) is 0.558. The second-order valence-electron chi connectivity index (χ2n) is 8.36. The highest BCUT2D eigenvalue weighted by atomic mass is 35.5. The van der Waals surface area contributed by atoms with E-state index in [1.807, 2.05) is 29.2 Å². The van der Waals surface area contributed by atoms with E-state index in [9.17, 15) is 9.90 Å². The second-order valence-corrected chi connectivity index (χ2v) is 8.80. The Labute approximate surface area is 183 Å². The Balaban J connectivity index is 1.19. The van der Waals surface area contributed by atoms with Gasteiger partial charge in [-0.25, -0.2) is 0 Å². The smallest absolute Gasteiger partial charge is 0.277 e. The standard InChI is InChI=1S/C23H29ClN4O2/c24-20-3-1-19(2-4-20)17-25-9-11-26(12-10-25)18-23(30)28-15-13-27(14-16-28)21-5-7-22(29)8-6-21/h1-8,29H,9-18H2/p+2. The predicted octanol–water partition coefficient (Wildman–Crippen LogP) is -0.322. The van der Waals surface area contributed by atoms with Crippen molar-refractivity contribution >= 4 is 23.2 Å². The molecule has 2 aliphatic rings. The van der Waals surface area contributed by atoms with Crippen LogP contribution in [-0.4, -0.2) is 74.8 Å². The molecule has 0 saturated carbocycles. The minimum atomic E-state index is 0.275. The number of quaternary nitrogens is 2. The number of nitrogens with one attached hydrogen (secondary N) is 2. The molecule has 0 aliphatic carbocycles. The van der Waals surface area contributed by atoms with Crippen molar-refractivity contribution in [2.45, 2.75) is 6.54 Å². The number of piperazine rings is 2. The highest BCUT2D eigenvalue weighted by Gasteiger charge is 2.28. The van der Waals surface area contributed by atoms with Crippen LogP contribution < -0.4 is 14.7 Å². The van der Waals surface area contributed by atoms with Crippen LogP contribution in [0.25, 0.3) is 0 Å². The van der Waals surface area contributed by atoms with Crippen molar-refractivity contribution in [3.8, 4) is 5.75 Å². The third kappa shape index (κ3) is 5.45. The first-order chi connectivity index (χ1) is 14.6. The number of benzene rings is 2. The fourth-order valence-electron chi connectivity index (χ4n) is 4.40. The number of phenols is 1. The van der Waals surface area contributed by atoms with Crippen LogP contribution in [0.5, 0.6) is 5.75 Å². The van der Waals surface area contributed by atoms with Crippen molar-refractivity contribution in [1.29, 1.82) is 0 Å². The molecular formula is C23H31ClN4O2+2. The van der Waals surface area contributed by atoms with Gasteiger partial charge in [-0.2, -0.15) is 0 Å². The Kier molecular flexibility index (Phi) is 6.77. The average molecular weight is 431 g/mol. The number of carbonyl (C=O) groups is 1. The highest BCUT2D eigenvalue weighted by Crippen LogP contribution is 2.19. The maximum Gasteiger partial charge on any atom is 0.277 e. The molecule has 2 aromatic rings. The zero-order valence-electron chi connectivity index (χ0n) is 17.3. The average Bonchev–Trinajstić information content (AvgIpc) is 2.77. The van der Waals surface area contributed by atoms with Gasteiger partial charge in [0.15, 0.2) is 6.54 Å². The predicted molar refractivity (Wildman–Crippen MR) is 118 cm³/mol. The Morgan fingerprint density at radius 2 is 1.47 bits per heavy atom. The summed E-state index contributed by atoms with van der Waals surface area (Å²) in [6, 6.07) is 15.4. The molecule has 30 heavy (non-hydrogen) atoms. The topological polar surface area (TPSA) is 52.7 Å². The van der Waals surface area contributed by atoms with Gasteiger partial charge < -0.3 is 24.7 Å². The van der Waals surface area contributed by atoms with E-state index >= 15 is 0 Å². The molecule has 2 heterocycles. The van der Waals surface area contributed by atoms with E-state index in [0.29, 0.717) is 6.54 Å². The number of halogens is 1. The van der Waals surface area contributed by atoms with Crippen molar-refractivity contribution in [1.82, 2.24) is 4.90 Å². The summed E-state index contributed by atoms with van der Waals surface area (Å²) in [5, 5.41) is 10.2. The molecule has 3 N–H and O–H groups in total. The second kappa shape index (κ2) is 9.69. The Morgan fingerprint density at radius 3 is 2.10 bits per heavy atom. The zero-order valence-corrected chi connectivity index (χ0v) is 18.1. The van der Waals surface area contributed by atoms with Gasteiger partial charge in [0.25, 0.3) is 5.91 Å². The number of aromatic hydroxyl groups is 1. The summed E-state index contributed by atoms with van der Waals surface area (Å²) < 4.78 is 0. The van der Waals surface area contributed by atoms with E-state index in [1.54, 1.807) is 17.0 Å².